The first-order valence-corrected chi connectivity index (χ1v) is 5.92. The quantitative estimate of drug-likeness (QED) is 0.749. The third-order valence-electron chi connectivity index (χ3n) is 2.73. The van der Waals surface area contributed by atoms with E-state index in [-0.39, 0.29) is 5.91 Å². The molecule has 0 atom stereocenters. The predicted molar refractivity (Wildman–Crippen MR) is 63.0 cm³/mol. The number of aromatic nitrogens is 1. The number of hydrogen-bond acceptors (Lipinski definition) is 2. The lowest BCUT2D eigenvalue weighted by atomic mass is 10.3. The molecule has 1 heterocycles. The zero-order chi connectivity index (χ0) is 11.4. The summed E-state index contributed by atoms with van der Waals surface area (Å²) in [6.45, 7) is 4.27. The highest BCUT2D eigenvalue weighted by Crippen LogP contribution is 2.18. The van der Waals surface area contributed by atoms with Crippen molar-refractivity contribution < 1.29 is 4.79 Å². The van der Waals surface area contributed by atoms with E-state index in [9.17, 15) is 4.79 Å². The Morgan fingerprint density at radius 3 is 3.00 bits per heavy atom. The summed E-state index contributed by atoms with van der Waals surface area (Å²) in [5.74, 6) is 0.109. The van der Waals surface area contributed by atoms with Crippen LogP contribution in [0.1, 0.15) is 25.3 Å². The zero-order valence-corrected chi connectivity index (χ0v) is 9.70. The second-order valence-electron chi connectivity index (χ2n) is 4.30. The predicted octanol–water partition coefficient (Wildman–Crippen LogP) is 0.876. The SMILES string of the molecule is CCn1ccc(CNCC(=O)NC2CC2)c1. The van der Waals surface area contributed by atoms with Gasteiger partial charge in [0.1, 0.15) is 0 Å². The van der Waals surface area contributed by atoms with E-state index in [1.807, 2.05) is 0 Å². The first kappa shape index (κ1) is 11.2. The molecule has 1 fully saturated rings. The smallest absolute Gasteiger partial charge is 0.234 e. The zero-order valence-electron chi connectivity index (χ0n) is 9.70. The van der Waals surface area contributed by atoms with Gasteiger partial charge in [0.25, 0.3) is 0 Å². The normalized spacial score (nSPS) is 15.1. The van der Waals surface area contributed by atoms with E-state index in [0.29, 0.717) is 12.6 Å². The maximum absolute atomic E-state index is 11.4. The molecule has 2 rings (SSSR count). The molecule has 1 aromatic heterocycles. The van der Waals surface area contributed by atoms with Gasteiger partial charge >= 0.3 is 0 Å². The summed E-state index contributed by atoms with van der Waals surface area (Å²) in [5.41, 5.74) is 1.22. The van der Waals surface area contributed by atoms with Gasteiger partial charge in [-0.05, 0) is 31.4 Å². The molecule has 1 aliphatic rings. The molecule has 0 radical (unpaired) electrons. The van der Waals surface area contributed by atoms with E-state index in [2.05, 4.69) is 40.6 Å². The van der Waals surface area contributed by atoms with Crippen LogP contribution < -0.4 is 10.6 Å². The highest BCUT2D eigenvalue weighted by atomic mass is 16.2. The van der Waals surface area contributed by atoms with Crippen LogP contribution in [-0.4, -0.2) is 23.1 Å². The van der Waals surface area contributed by atoms with E-state index >= 15 is 0 Å². The number of nitrogens with one attached hydrogen (secondary N) is 2. The van der Waals surface area contributed by atoms with Crippen molar-refractivity contribution in [1.82, 2.24) is 15.2 Å². The van der Waals surface area contributed by atoms with Crippen LogP contribution in [0.5, 0.6) is 0 Å². The fourth-order valence-corrected chi connectivity index (χ4v) is 1.62. The Morgan fingerprint density at radius 1 is 1.56 bits per heavy atom. The van der Waals surface area contributed by atoms with E-state index in [4.69, 9.17) is 0 Å². The van der Waals surface area contributed by atoms with Gasteiger partial charge in [-0.25, -0.2) is 0 Å². The third-order valence-corrected chi connectivity index (χ3v) is 2.73. The molecule has 1 aromatic rings. The molecule has 4 heteroatoms. The van der Waals surface area contributed by atoms with E-state index in [1.54, 1.807) is 0 Å². The van der Waals surface area contributed by atoms with Crippen LogP contribution in [0.15, 0.2) is 18.5 Å². The average Bonchev–Trinajstić information content (AvgIpc) is 2.96. The number of amides is 1. The van der Waals surface area contributed by atoms with Crippen molar-refractivity contribution in [2.45, 2.75) is 38.9 Å². The van der Waals surface area contributed by atoms with Crippen LogP contribution >= 0.6 is 0 Å². The van der Waals surface area contributed by atoms with Gasteiger partial charge in [0.15, 0.2) is 0 Å². The second kappa shape index (κ2) is 5.16. The summed E-state index contributed by atoms with van der Waals surface area (Å²) in [5, 5.41) is 6.10. The molecule has 0 unspecified atom stereocenters. The molecular formula is C12H19N3O. The van der Waals surface area contributed by atoms with Gasteiger partial charge in [0.2, 0.25) is 5.91 Å². The molecule has 4 nitrogen and oxygen atoms in total. The minimum atomic E-state index is 0.109. The molecule has 1 saturated carbocycles. The molecule has 88 valence electrons. The van der Waals surface area contributed by atoms with Gasteiger partial charge in [-0.2, -0.15) is 0 Å². The Hall–Kier alpha value is -1.29. The summed E-state index contributed by atoms with van der Waals surface area (Å²) >= 11 is 0. The minimum absolute atomic E-state index is 0.109. The van der Waals surface area contributed by atoms with Gasteiger partial charge < -0.3 is 15.2 Å². The first-order chi connectivity index (χ1) is 7.78. The van der Waals surface area contributed by atoms with Crippen molar-refractivity contribution in [3.63, 3.8) is 0 Å². The Kier molecular flexibility index (Phi) is 3.62. The highest BCUT2D eigenvalue weighted by molar-refractivity contribution is 5.78. The van der Waals surface area contributed by atoms with Crippen LogP contribution in [0.25, 0.3) is 0 Å². The Morgan fingerprint density at radius 2 is 2.38 bits per heavy atom. The third kappa shape index (κ3) is 3.38. The van der Waals surface area contributed by atoms with E-state index in [1.165, 1.54) is 5.56 Å². The number of carbonyl (C=O) groups excluding carboxylic acids is 1. The first-order valence-electron chi connectivity index (χ1n) is 5.92. The lowest BCUT2D eigenvalue weighted by molar-refractivity contribution is -0.120. The summed E-state index contributed by atoms with van der Waals surface area (Å²) < 4.78 is 2.13. The van der Waals surface area contributed by atoms with Crippen LogP contribution in [-0.2, 0) is 17.9 Å². The van der Waals surface area contributed by atoms with Crippen LogP contribution in [0.2, 0.25) is 0 Å². The number of hydrogen-bond donors (Lipinski definition) is 2. The average molecular weight is 221 g/mol. The molecule has 2 N–H and O–H groups in total. The molecule has 1 aliphatic carbocycles. The summed E-state index contributed by atoms with van der Waals surface area (Å²) in [4.78, 5) is 11.4. The number of rotatable bonds is 6. The van der Waals surface area contributed by atoms with Gasteiger partial charge in [-0.1, -0.05) is 0 Å². The van der Waals surface area contributed by atoms with Gasteiger partial charge in [-0.3, -0.25) is 4.79 Å². The molecule has 16 heavy (non-hydrogen) atoms. The highest BCUT2D eigenvalue weighted by Gasteiger charge is 2.22. The van der Waals surface area contributed by atoms with Crippen molar-refractivity contribution in [3.05, 3.63) is 24.0 Å². The Balaban J connectivity index is 1.64. The van der Waals surface area contributed by atoms with Crippen molar-refractivity contribution in [2.24, 2.45) is 0 Å². The monoisotopic (exact) mass is 221 g/mol. The number of aryl methyl sites for hydroxylation is 1. The second-order valence-corrected chi connectivity index (χ2v) is 4.30. The van der Waals surface area contributed by atoms with Crippen molar-refractivity contribution in [2.75, 3.05) is 6.54 Å². The van der Waals surface area contributed by atoms with Crippen molar-refractivity contribution >= 4 is 5.91 Å². The molecule has 0 aromatic carbocycles. The van der Waals surface area contributed by atoms with Crippen LogP contribution in [0, 0.1) is 0 Å². The molecule has 1 amide bonds. The van der Waals surface area contributed by atoms with E-state index in [0.717, 1.165) is 25.9 Å². The van der Waals surface area contributed by atoms with Gasteiger partial charge in [0, 0.05) is 31.5 Å². The maximum atomic E-state index is 11.4. The van der Waals surface area contributed by atoms with Crippen molar-refractivity contribution in [3.8, 4) is 0 Å². The van der Waals surface area contributed by atoms with Crippen molar-refractivity contribution in [1.29, 1.82) is 0 Å². The van der Waals surface area contributed by atoms with Gasteiger partial charge in [-0.15, -0.1) is 0 Å². The standard InChI is InChI=1S/C12H19N3O/c1-2-15-6-5-10(9-15)7-13-8-12(16)14-11-3-4-11/h5-6,9,11,13H,2-4,7-8H2,1H3,(H,14,16). The molecule has 0 aliphatic heterocycles. The lowest BCUT2D eigenvalue weighted by Gasteiger charge is -2.04. The Bertz CT molecular complexity index is 355. The number of nitrogens with zero attached hydrogens (tertiary/aromatic N) is 1. The van der Waals surface area contributed by atoms with E-state index < -0.39 is 0 Å². The van der Waals surface area contributed by atoms with Crippen LogP contribution in [0.4, 0.5) is 0 Å². The number of carbonyl (C=O) groups is 1. The summed E-state index contributed by atoms with van der Waals surface area (Å²) in [7, 11) is 0. The summed E-state index contributed by atoms with van der Waals surface area (Å²) in [6.07, 6.45) is 6.45. The topological polar surface area (TPSA) is 46.1 Å². The Labute approximate surface area is 96.0 Å². The largest absolute Gasteiger partial charge is 0.354 e. The fraction of sp³-hybridized carbons (Fsp3) is 0.583. The molecule has 0 saturated heterocycles. The fourth-order valence-electron chi connectivity index (χ4n) is 1.62. The van der Waals surface area contributed by atoms with Crippen LogP contribution in [0.3, 0.4) is 0 Å². The molecule has 0 bridgehead atoms. The molecular weight excluding hydrogens is 202 g/mol. The maximum Gasteiger partial charge on any atom is 0.234 e. The lowest BCUT2D eigenvalue weighted by Crippen LogP contribution is -2.34. The minimum Gasteiger partial charge on any atom is -0.354 e. The summed E-state index contributed by atoms with van der Waals surface area (Å²) in [6, 6.07) is 2.53. The van der Waals surface area contributed by atoms with Gasteiger partial charge in [0.05, 0.1) is 6.54 Å². The molecule has 0 spiro atoms.